The van der Waals surface area contributed by atoms with Crippen molar-refractivity contribution in [3.63, 3.8) is 0 Å². The van der Waals surface area contributed by atoms with Gasteiger partial charge < -0.3 is 9.64 Å². The number of benzene rings is 1. The van der Waals surface area contributed by atoms with Crippen LogP contribution in [0.15, 0.2) is 29.7 Å². The molecule has 1 amide bonds. The third kappa shape index (κ3) is 6.02. The lowest BCUT2D eigenvalue weighted by Crippen LogP contribution is -2.35. The third-order valence-corrected chi connectivity index (χ3v) is 5.65. The van der Waals surface area contributed by atoms with E-state index < -0.39 is 0 Å². The first-order valence-electron chi connectivity index (χ1n) is 8.63. The number of nitrogens with zero attached hydrogens (tertiary/aromatic N) is 3. The highest BCUT2D eigenvalue weighted by Crippen LogP contribution is 2.22. The molecular formula is C19H21Cl2N3O2S. The number of aromatic nitrogens is 1. The van der Waals surface area contributed by atoms with E-state index in [1.54, 1.807) is 47.6 Å². The smallest absolute Gasteiger partial charge is 0.246 e. The first-order chi connectivity index (χ1) is 13.0. The molecule has 27 heavy (non-hydrogen) atoms. The van der Waals surface area contributed by atoms with Crippen molar-refractivity contribution in [3.05, 3.63) is 56.0 Å². The first-order valence-corrected chi connectivity index (χ1v) is 10.3. The summed E-state index contributed by atoms with van der Waals surface area (Å²) in [6.07, 6.45) is 3.21. The largest absolute Gasteiger partial charge is 0.379 e. The Bertz CT molecular complexity index is 819. The molecule has 1 aliphatic heterocycles. The Balaban J connectivity index is 1.54. The Labute approximate surface area is 173 Å². The second-order valence-corrected chi connectivity index (χ2v) is 8.10. The summed E-state index contributed by atoms with van der Waals surface area (Å²) in [4.78, 5) is 21.0. The van der Waals surface area contributed by atoms with Crippen molar-refractivity contribution in [1.82, 2.24) is 14.8 Å². The maximum absolute atomic E-state index is 12.3. The fourth-order valence-electron chi connectivity index (χ4n) is 2.69. The molecule has 5 nitrogen and oxygen atoms in total. The second kappa shape index (κ2) is 9.66. The van der Waals surface area contributed by atoms with E-state index in [0.29, 0.717) is 16.6 Å². The van der Waals surface area contributed by atoms with Gasteiger partial charge in [-0.3, -0.25) is 9.69 Å². The Morgan fingerprint density at radius 1 is 1.37 bits per heavy atom. The SMILES string of the molecule is CN(Cc1csc(CN2CCOCC2)n1)C(=O)/C=C/c1ccc(Cl)cc1Cl. The van der Waals surface area contributed by atoms with Crippen LogP contribution < -0.4 is 0 Å². The van der Waals surface area contributed by atoms with Crippen molar-refractivity contribution in [2.75, 3.05) is 33.4 Å². The van der Waals surface area contributed by atoms with Gasteiger partial charge in [-0.05, 0) is 23.8 Å². The van der Waals surface area contributed by atoms with E-state index in [9.17, 15) is 4.79 Å². The van der Waals surface area contributed by atoms with Crippen LogP contribution in [0, 0.1) is 0 Å². The number of thiazole rings is 1. The van der Waals surface area contributed by atoms with Crippen LogP contribution in [0.25, 0.3) is 6.08 Å². The van der Waals surface area contributed by atoms with Crippen LogP contribution in [-0.2, 0) is 22.6 Å². The van der Waals surface area contributed by atoms with Crippen LogP contribution >= 0.6 is 34.5 Å². The molecule has 144 valence electrons. The van der Waals surface area contributed by atoms with E-state index in [1.165, 1.54) is 6.08 Å². The summed E-state index contributed by atoms with van der Waals surface area (Å²) in [5, 5.41) is 4.16. The predicted molar refractivity (Wildman–Crippen MR) is 110 cm³/mol. The maximum Gasteiger partial charge on any atom is 0.246 e. The van der Waals surface area contributed by atoms with Gasteiger partial charge in [0, 0.05) is 41.6 Å². The minimum Gasteiger partial charge on any atom is -0.379 e. The molecule has 1 aromatic heterocycles. The molecule has 0 atom stereocenters. The van der Waals surface area contributed by atoms with E-state index in [2.05, 4.69) is 9.88 Å². The number of hydrogen-bond acceptors (Lipinski definition) is 5. The molecule has 0 N–H and O–H groups in total. The Morgan fingerprint density at radius 2 is 2.15 bits per heavy atom. The van der Waals surface area contributed by atoms with Gasteiger partial charge in [-0.25, -0.2) is 4.98 Å². The number of carbonyl (C=O) groups is 1. The molecule has 0 spiro atoms. The lowest BCUT2D eigenvalue weighted by Gasteiger charge is -2.25. The predicted octanol–water partition coefficient (Wildman–Crippen LogP) is 3.95. The zero-order valence-electron chi connectivity index (χ0n) is 15.0. The summed E-state index contributed by atoms with van der Waals surface area (Å²) in [5.41, 5.74) is 1.65. The van der Waals surface area contributed by atoms with Crippen LogP contribution in [-0.4, -0.2) is 54.0 Å². The van der Waals surface area contributed by atoms with E-state index in [1.807, 2.05) is 5.38 Å². The third-order valence-electron chi connectivity index (χ3n) is 4.21. The summed E-state index contributed by atoms with van der Waals surface area (Å²) >= 11 is 13.6. The summed E-state index contributed by atoms with van der Waals surface area (Å²) in [6.45, 7) is 4.73. The van der Waals surface area contributed by atoms with Gasteiger partial charge in [0.15, 0.2) is 0 Å². The van der Waals surface area contributed by atoms with Gasteiger partial charge in [0.25, 0.3) is 0 Å². The minimum absolute atomic E-state index is 0.108. The van der Waals surface area contributed by atoms with Crippen molar-refractivity contribution in [3.8, 4) is 0 Å². The number of ether oxygens (including phenoxy) is 1. The summed E-state index contributed by atoms with van der Waals surface area (Å²) < 4.78 is 5.37. The molecule has 0 saturated carbocycles. The second-order valence-electron chi connectivity index (χ2n) is 6.31. The van der Waals surface area contributed by atoms with Crippen LogP contribution in [0.2, 0.25) is 10.0 Å². The van der Waals surface area contributed by atoms with Crippen LogP contribution in [0.5, 0.6) is 0 Å². The molecule has 1 aliphatic rings. The summed E-state index contributed by atoms with van der Waals surface area (Å²) in [5.74, 6) is -0.108. The number of amides is 1. The number of hydrogen-bond donors (Lipinski definition) is 0. The van der Waals surface area contributed by atoms with Crippen molar-refractivity contribution >= 4 is 46.5 Å². The number of carbonyl (C=O) groups excluding carboxylic acids is 1. The fourth-order valence-corrected chi connectivity index (χ4v) is 3.99. The quantitative estimate of drug-likeness (QED) is 0.657. The Morgan fingerprint density at radius 3 is 2.89 bits per heavy atom. The number of rotatable bonds is 6. The van der Waals surface area contributed by atoms with E-state index in [-0.39, 0.29) is 5.91 Å². The van der Waals surface area contributed by atoms with Gasteiger partial charge in [0.1, 0.15) is 5.01 Å². The van der Waals surface area contributed by atoms with Crippen LogP contribution in [0.4, 0.5) is 0 Å². The number of halogens is 2. The van der Waals surface area contributed by atoms with E-state index in [4.69, 9.17) is 27.9 Å². The highest BCUT2D eigenvalue weighted by Gasteiger charge is 2.14. The zero-order valence-corrected chi connectivity index (χ0v) is 17.4. The normalized spacial score (nSPS) is 15.4. The lowest BCUT2D eigenvalue weighted by atomic mass is 10.2. The van der Waals surface area contributed by atoms with Crippen molar-refractivity contribution < 1.29 is 9.53 Å². The molecule has 1 saturated heterocycles. The number of morpholine rings is 1. The molecule has 2 aromatic rings. The van der Waals surface area contributed by atoms with Crippen molar-refractivity contribution in [1.29, 1.82) is 0 Å². The van der Waals surface area contributed by atoms with Gasteiger partial charge in [-0.15, -0.1) is 11.3 Å². The molecule has 8 heteroatoms. The minimum atomic E-state index is -0.108. The van der Waals surface area contributed by atoms with Crippen LogP contribution in [0.1, 0.15) is 16.3 Å². The Hall–Kier alpha value is -1.44. The maximum atomic E-state index is 12.3. The zero-order chi connectivity index (χ0) is 19.2. The molecule has 0 radical (unpaired) electrons. The van der Waals surface area contributed by atoms with Crippen LogP contribution in [0.3, 0.4) is 0 Å². The molecule has 1 fully saturated rings. The topological polar surface area (TPSA) is 45.7 Å². The highest BCUT2D eigenvalue weighted by atomic mass is 35.5. The summed E-state index contributed by atoms with van der Waals surface area (Å²) in [6, 6.07) is 5.18. The monoisotopic (exact) mass is 425 g/mol. The summed E-state index contributed by atoms with van der Waals surface area (Å²) in [7, 11) is 1.76. The average Bonchev–Trinajstić information content (AvgIpc) is 3.08. The molecule has 3 rings (SSSR count). The molecule has 1 aromatic carbocycles. The molecule has 0 bridgehead atoms. The lowest BCUT2D eigenvalue weighted by molar-refractivity contribution is -0.125. The average molecular weight is 426 g/mol. The van der Waals surface area contributed by atoms with Gasteiger partial charge >= 0.3 is 0 Å². The van der Waals surface area contributed by atoms with Gasteiger partial charge in [-0.2, -0.15) is 0 Å². The number of likely N-dealkylation sites (N-methyl/N-ethyl adjacent to an activating group) is 1. The van der Waals surface area contributed by atoms with Crippen molar-refractivity contribution in [2.45, 2.75) is 13.1 Å². The standard InChI is InChI=1S/C19H21Cl2N3O2S/c1-23(19(25)5-3-14-2-4-15(20)10-17(14)21)11-16-13-27-18(22-16)12-24-6-8-26-9-7-24/h2-5,10,13H,6-9,11-12H2,1H3/b5-3+. The van der Waals surface area contributed by atoms with Gasteiger partial charge in [0.05, 0.1) is 32.0 Å². The molecule has 0 unspecified atom stereocenters. The Kier molecular flexibility index (Phi) is 7.26. The molecular weight excluding hydrogens is 405 g/mol. The van der Waals surface area contributed by atoms with E-state index in [0.717, 1.165) is 49.1 Å². The molecule has 0 aliphatic carbocycles. The molecule has 2 heterocycles. The van der Waals surface area contributed by atoms with E-state index >= 15 is 0 Å². The highest BCUT2D eigenvalue weighted by molar-refractivity contribution is 7.09. The van der Waals surface area contributed by atoms with Crippen molar-refractivity contribution in [2.24, 2.45) is 0 Å². The fraction of sp³-hybridized carbons (Fsp3) is 0.368. The first kappa shape index (κ1) is 20.3. The van der Waals surface area contributed by atoms with Gasteiger partial charge in [-0.1, -0.05) is 29.3 Å². The van der Waals surface area contributed by atoms with Gasteiger partial charge in [0.2, 0.25) is 5.91 Å².